The molecular weight excluding hydrogens is 196 g/mol. The van der Waals surface area contributed by atoms with Crippen LogP contribution in [0.2, 0.25) is 0 Å². The molecule has 2 nitrogen and oxygen atoms in total. The van der Waals surface area contributed by atoms with E-state index in [-0.39, 0.29) is 0 Å². The SMILES string of the molecule is CCN1CC(Cc2cccc(C)c2)N(C)C1. The molecule has 0 bridgehead atoms. The highest BCUT2D eigenvalue weighted by Crippen LogP contribution is 2.16. The molecule has 1 aromatic carbocycles. The molecule has 0 aromatic heterocycles. The maximum absolute atomic E-state index is 2.50. The van der Waals surface area contributed by atoms with E-state index < -0.39 is 0 Å². The van der Waals surface area contributed by atoms with Gasteiger partial charge in [-0.1, -0.05) is 36.8 Å². The Bertz CT molecular complexity index is 348. The number of benzene rings is 1. The minimum absolute atomic E-state index is 0.682. The van der Waals surface area contributed by atoms with Gasteiger partial charge >= 0.3 is 0 Å². The smallest absolute Gasteiger partial charge is 0.0507 e. The van der Waals surface area contributed by atoms with Crippen molar-refractivity contribution in [2.75, 3.05) is 26.8 Å². The monoisotopic (exact) mass is 218 g/mol. The maximum Gasteiger partial charge on any atom is 0.0507 e. The molecule has 0 spiro atoms. The Morgan fingerprint density at radius 1 is 1.38 bits per heavy atom. The van der Waals surface area contributed by atoms with Crippen LogP contribution in [0.3, 0.4) is 0 Å². The van der Waals surface area contributed by atoms with E-state index in [0.29, 0.717) is 6.04 Å². The fraction of sp³-hybridized carbons (Fsp3) is 0.571. The van der Waals surface area contributed by atoms with Crippen LogP contribution in [-0.2, 0) is 6.42 Å². The van der Waals surface area contributed by atoms with E-state index in [2.05, 4.69) is 55.0 Å². The van der Waals surface area contributed by atoms with Gasteiger partial charge in [0.05, 0.1) is 6.67 Å². The molecule has 1 saturated heterocycles. The summed E-state index contributed by atoms with van der Waals surface area (Å²) in [6.07, 6.45) is 1.18. The lowest BCUT2D eigenvalue weighted by Gasteiger charge is -2.17. The largest absolute Gasteiger partial charge is 0.289 e. The average Bonchev–Trinajstić information content (AvgIpc) is 2.60. The minimum atomic E-state index is 0.682. The predicted octanol–water partition coefficient (Wildman–Crippen LogP) is 2.13. The molecule has 0 N–H and O–H groups in total. The molecule has 0 radical (unpaired) electrons. The first kappa shape index (κ1) is 11.6. The normalized spacial score (nSPS) is 22.8. The van der Waals surface area contributed by atoms with Gasteiger partial charge in [-0.15, -0.1) is 0 Å². The van der Waals surface area contributed by atoms with Crippen molar-refractivity contribution in [2.24, 2.45) is 0 Å². The Kier molecular flexibility index (Phi) is 3.62. The molecule has 1 atom stereocenters. The summed E-state index contributed by atoms with van der Waals surface area (Å²) in [7, 11) is 2.23. The third-order valence-corrected chi connectivity index (χ3v) is 3.52. The number of hydrogen-bond donors (Lipinski definition) is 0. The lowest BCUT2D eigenvalue weighted by molar-refractivity contribution is 0.268. The van der Waals surface area contributed by atoms with Crippen molar-refractivity contribution in [3.05, 3.63) is 35.4 Å². The summed E-state index contributed by atoms with van der Waals surface area (Å²) in [6.45, 7) is 7.89. The van der Waals surface area contributed by atoms with E-state index in [1.165, 1.54) is 24.1 Å². The zero-order chi connectivity index (χ0) is 11.5. The van der Waals surface area contributed by atoms with Crippen LogP contribution in [-0.4, -0.2) is 42.6 Å². The highest BCUT2D eigenvalue weighted by Gasteiger charge is 2.26. The summed E-state index contributed by atoms with van der Waals surface area (Å²) in [5.74, 6) is 0. The second kappa shape index (κ2) is 4.98. The lowest BCUT2D eigenvalue weighted by atomic mass is 10.0. The van der Waals surface area contributed by atoms with Gasteiger partial charge in [0, 0.05) is 12.6 Å². The third kappa shape index (κ3) is 2.63. The maximum atomic E-state index is 2.50. The molecule has 16 heavy (non-hydrogen) atoms. The fourth-order valence-corrected chi connectivity index (χ4v) is 2.49. The van der Waals surface area contributed by atoms with Crippen LogP contribution in [0, 0.1) is 6.92 Å². The summed E-state index contributed by atoms with van der Waals surface area (Å²) < 4.78 is 0. The molecule has 1 aliphatic rings. The van der Waals surface area contributed by atoms with Gasteiger partial charge in [0.25, 0.3) is 0 Å². The topological polar surface area (TPSA) is 6.48 Å². The first-order valence-corrected chi connectivity index (χ1v) is 6.17. The van der Waals surface area contributed by atoms with Crippen LogP contribution in [0.15, 0.2) is 24.3 Å². The molecule has 0 saturated carbocycles. The summed E-state index contributed by atoms with van der Waals surface area (Å²) in [5, 5.41) is 0. The first-order valence-electron chi connectivity index (χ1n) is 6.17. The Hall–Kier alpha value is -0.860. The second-order valence-corrected chi connectivity index (χ2v) is 4.92. The average molecular weight is 218 g/mol. The molecular formula is C14H22N2. The van der Waals surface area contributed by atoms with E-state index >= 15 is 0 Å². The van der Waals surface area contributed by atoms with E-state index in [0.717, 1.165) is 13.2 Å². The molecule has 2 rings (SSSR count). The summed E-state index contributed by atoms with van der Waals surface area (Å²) in [6, 6.07) is 9.57. The fourth-order valence-electron chi connectivity index (χ4n) is 2.49. The molecule has 2 heteroatoms. The summed E-state index contributed by atoms with van der Waals surface area (Å²) >= 11 is 0. The Morgan fingerprint density at radius 2 is 2.19 bits per heavy atom. The number of hydrogen-bond acceptors (Lipinski definition) is 2. The van der Waals surface area contributed by atoms with Crippen molar-refractivity contribution in [2.45, 2.75) is 26.3 Å². The van der Waals surface area contributed by atoms with Crippen molar-refractivity contribution < 1.29 is 0 Å². The zero-order valence-corrected chi connectivity index (χ0v) is 10.6. The standard InChI is InChI=1S/C14H22N2/c1-4-16-10-14(15(3)11-16)9-13-7-5-6-12(2)8-13/h5-8,14H,4,9-11H2,1-3H3. The third-order valence-electron chi connectivity index (χ3n) is 3.52. The molecule has 88 valence electrons. The van der Waals surface area contributed by atoms with Gasteiger partial charge in [-0.3, -0.25) is 9.80 Å². The Balaban J connectivity index is 2.00. The van der Waals surface area contributed by atoms with Crippen LogP contribution in [0.5, 0.6) is 0 Å². The predicted molar refractivity (Wildman–Crippen MR) is 68.5 cm³/mol. The number of rotatable bonds is 3. The van der Waals surface area contributed by atoms with Crippen molar-refractivity contribution >= 4 is 0 Å². The van der Waals surface area contributed by atoms with Gasteiger partial charge in [0.1, 0.15) is 0 Å². The van der Waals surface area contributed by atoms with Crippen molar-refractivity contribution in [1.82, 2.24) is 9.80 Å². The van der Waals surface area contributed by atoms with Crippen LogP contribution in [0.4, 0.5) is 0 Å². The van der Waals surface area contributed by atoms with Gasteiger partial charge in [-0.2, -0.15) is 0 Å². The van der Waals surface area contributed by atoms with Gasteiger partial charge in [0.2, 0.25) is 0 Å². The number of nitrogens with zero attached hydrogens (tertiary/aromatic N) is 2. The summed E-state index contributed by atoms with van der Waals surface area (Å²) in [4.78, 5) is 4.96. The van der Waals surface area contributed by atoms with Crippen LogP contribution >= 0.6 is 0 Å². The van der Waals surface area contributed by atoms with E-state index in [4.69, 9.17) is 0 Å². The molecule has 1 fully saturated rings. The first-order chi connectivity index (χ1) is 7.69. The van der Waals surface area contributed by atoms with E-state index in [1.54, 1.807) is 0 Å². The number of aryl methyl sites for hydroxylation is 1. The molecule has 1 heterocycles. The minimum Gasteiger partial charge on any atom is -0.289 e. The van der Waals surface area contributed by atoms with Gasteiger partial charge in [-0.25, -0.2) is 0 Å². The van der Waals surface area contributed by atoms with Crippen LogP contribution in [0.25, 0.3) is 0 Å². The molecule has 0 aliphatic carbocycles. The molecule has 1 unspecified atom stereocenters. The molecule has 0 amide bonds. The molecule has 1 aromatic rings. The van der Waals surface area contributed by atoms with Crippen molar-refractivity contribution in [3.8, 4) is 0 Å². The highest BCUT2D eigenvalue weighted by molar-refractivity contribution is 5.23. The van der Waals surface area contributed by atoms with Crippen LogP contribution in [0.1, 0.15) is 18.1 Å². The Morgan fingerprint density at radius 3 is 2.81 bits per heavy atom. The highest BCUT2D eigenvalue weighted by atomic mass is 15.4. The van der Waals surface area contributed by atoms with Gasteiger partial charge < -0.3 is 0 Å². The van der Waals surface area contributed by atoms with Crippen molar-refractivity contribution in [1.29, 1.82) is 0 Å². The van der Waals surface area contributed by atoms with Gasteiger partial charge in [0.15, 0.2) is 0 Å². The number of likely N-dealkylation sites (N-methyl/N-ethyl adjacent to an activating group) is 2. The zero-order valence-electron chi connectivity index (χ0n) is 10.6. The van der Waals surface area contributed by atoms with Crippen molar-refractivity contribution in [3.63, 3.8) is 0 Å². The van der Waals surface area contributed by atoms with E-state index in [1.807, 2.05) is 0 Å². The Labute approximate surface area is 98.9 Å². The van der Waals surface area contributed by atoms with E-state index in [9.17, 15) is 0 Å². The van der Waals surface area contributed by atoms with Crippen LogP contribution < -0.4 is 0 Å². The van der Waals surface area contributed by atoms with Gasteiger partial charge in [-0.05, 0) is 32.5 Å². The quantitative estimate of drug-likeness (QED) is 0.767. The lowest BCUT2D eigenvalue weighted by Crippen LogP contribution is -2.28. The summed E-state index contributed by atoms with van der Waals surface area (Å²) in [5.41, 5.74) is 2.83. The second-order valence-electron chi connectivity index (χ2n) is 4.92. The molecule has 1 aliphatic heterocycles.